The largest absolute Gasteiger partial charge is 0.312 e. The highest BCUT2D eigenvalue weighted by Crippen LogP contribution is 2.22. The van der Waals surface area contributed by atoms with Gasteiger partial charge in [0.25, 0.3) is 0 Å². The lowest BCUT2D eigenvalue weighted by atomic mass is 9.97. The van der Waals surface area contributed by atoms with E-state index in [-0.39, 0.29) is 6.42 Å². The zero-order chi connectivity index (χ0) is 17.1. The van der Waals surface area contributed by atoms with E-state index in [1.165, 1.54) is 17.2 Å². The number of carbonyl (C=O) groups excluding carboxylic acids is 1. The van der Waals surface area contributed by atoms with E-state index >= 15 is 0 Å². The van der Waals surface area contributed by atoms with Crippen LogP contribution in [0.2, 0.25) is 0 Å². The van der Waals surface area contributed by atoms with E-state index in [0.717, 1.165) is 37.2 Å². The summed E-state index contributed by atoms with van der Waals surface area (Å²) in [6.45, 7) is 3.88. The molecular formula is C19H18F2N2O. The van der Waals surface area contributed by atoms with Crippen molar-refractivity contribution in [3.63, 3.8) is 0 Å². The molecule has 0 spiro atoms. The fourth-order valence-electron chi connectivity index (χ4n) is 2.86. The second kappa shape index (κ2) is 7.01. The van der Waals surface area contributed by atoms with E-state index in [2.05, 4.69) is 17.2 Å². The summed E-state index contributed by atoms with van der Waals surface area (Å²) in [6, 6.07) is 7.04. The third-order valence-electron chi connectivity index (χ3n) is 4.25. The molecule has 124 valence electrons. The van der Waals surface area contributed by atoms with Crippen LogP contribution in [-0.4, -0.2) is 23.9 Å². The van der Waals surface area contributed by atoms with E-state index in [1.807, 2.05) is 6.07 Å². The number of Topliss-reactive ketones (excluding diaryl/α,β-unsaturated/α-hetero) is 1. The summed E-state index contributed by atoms with van der Waals surface area (Å²) in [5.41, 5.74) is 3.54. The van der Waals surface area contributed by atoms with Crippen molar-refractivity contribution in [3.8, 4) is 0 Å². The first kappa shape index (κ1) is 16.5. The Morgan fingerprint density at radius 3 is 2.58 bits per heavy atom. The molecule has 1 N–H and O–H groups in total. The lowest BCUT2D eigenvalue weighted by Gasteiger charge is -2.19. The van der Waals surface area contributed by atoms with Gasteiger partial charge in [-0.1, -0.05) is 17.7 Å². The molecule has 0 aliphatic carbocycles. The van der Waals surface area contributed by atoms with Crippen molar-refractivity contribution in [1.29, 1.82) is 0 Å². The molecule has 1 aromatic carbocycles. The maximum atomic E-state index is 13.7. The number of ketones is 1. The molecule has 24 heavy (non-hydrogen) atoms. The van der Waals surface area contributed by atoms with Crippen molar-refractivity contribution in [1.82, 2.24) is 10.3 Å². The molecule has 1 aromatic heterocycles. The molecule has 3 nitrogen and oxygen atoms in total. The standard InChI is InChI=1S/C19H18F2N2O/c1-12-7-8-22-11-15(12)13-5-6-14(23-10-13)9-18(24)19-16(20)3-2-4-17(19)21/h2-6,10,22H,7-9,11H2,1H3. The molecule has 0 saturated heterocycles. The second-order valence-electron chi connectivity index (χ2n) is 5.92. The first-order valence-corrected chi connectivity index (χ1v) is 7.88. The number of nitrogens with zero attached hydrogens (tertiary/aromatic N) is 1. The summed E-state index contributed by atoms with van der Waals surface area (Å²) >= 11 is 0. The van der Waals surface area contributed by atoms with Crippen LogP contribution in [0.15, 0.2) is 42.1 Å². The van der Waals surface area contributed by atoms with E-state index in [9.17, 15) is 13.6 Å². The van der Waals surface area contributed by atoms with Crippen LogP contribution in [0.1, 0.15) is 35.0 Å². The summed E-state index contributed by atoms with van der Waals surface area (Å²) in [5, 5.41) is 3.32. The minimum atomic E-state index is -0.842. The molecule has 0 fully saturated rings. The minimum absolute atomic E-state index is 0.131. The van der Waals surface area contributed by atoms with Crippen LogP contribution in [0.5, 0.6) is 0 Å². The number of rotatable bonds is 4. The number of halogens is 2. The number of nitrogens with one attached hydrogen (secondary N) is 1. The van der Waals surface area contributed by atoms with Gasteiger partial charge < -0.3 is 5.32 Å². The predicted molar refractivity (Wildman–Crippen MR) is 88.7 cm³/mol. The Labute approximate surface area is 139 Å². The van der Waals surface area contributed by atoms with Crippen LogP contribution in [0.4, 0.5) is 8.78 Å². The number of benzene rings is 1. The Balaban J connectivity index is 1.78. The number of hydrogen-bond acceptors (Lipinski definition) is 3. The van der Waals surface area contributed by atoms with Crippen molar-refractivity contribution in [2.75, 3.05) is 13.1 Å². The number of hydrogen-bond donors (Lipinski definition) is 1. The summed E-state index contributed by atoms with van der Waals surface area (Å²) in [7, 11) is 0. The molecule has 2 aromatic rings. The molecule has 0 atom stereocenters. The zero-order valence-electron chi connectivity index (χ0n) is 13.4. The molecule has 0 bridgehead atoms. The quantitative estimate of drug-likeness (QED) is 0.873. The SMILES string of the molecule is CC1=C(c2ccc(CC(=O)c3c(F)cccc3F)nc2)CNCC1. The van der Waals surface area contributed by atoms with Gasteiger partial charge in [-0.2, -0.15) is 0 Å². The molecular weight excluding hydrogens is 310 g/mol. The summed E-state index contributed by atoms with van der Waals surface area (Å²) in [5.74, 6) is -2.29. The van der Waals surface area contributed by atoms with Crippen molar-refractivity contribution >= 4 is 11.4 Å². The smallest absolute Gasteiger partial charge is 0.174 e. The number of pyridine rings is 1. The Hall–Kier alpha value is -2.40. The Morgan fingerprint density at radius 1 is 1.21 bits per heavy atom. The van der Waals surface area contributed by atoms with Crippen molar-refractivity contribution < 1.29 is 13.6 Å². The molecule has 3 rings (SSSR count). The Bertz CT molecular complexity index is 777. The number of aromatic nitrogens is 1. The molecule has 0 amide bonds. The maximum Gasteiger partial charge on any atom is 0.174 e. The first-order chi connectivity index (χ1) is 11.6. The summed E-state index contributed by atoms with van der Waals surface area (Å²) in [6.07, 6.45) is 2.59. The van der Waals surface area contributed by atoms with Crippen molar-refractivity contribution in [2.24, 2.45) is 0 Å². The maximum absolute atomic E-state index is 13.7. The highest BCUT2D eigenvalue weighted by molar-refractivity contribution is 5.97. The van der Waals surface area contributed by atoms with Gasteiger partial charge >= 0.3 is 0 Å². The minimum Gasteiger partial charge on any atom is -0.312 e. The molecule has 5 heteroatoms. The lowest BCUT2D eigenvalue weighted by molar-refractivity contribution is 0.0984. The second-order valence-corrected chi connectivity index (χ2v) is 5.92. The Morgan fingerprint density at radius 2 is 1.96 bits per heavy atom. The summed E-state index contributed by atoms with van der Waals surface area (Å²) in [4.78, 5) is 16.4. The molecule has 0 radical (unpaired) electrons. The van der Waals surface area contributed by atoms with Gasteiger partial charge in [0, 0.05) is 18.4 Å². The third kappa shape index (κ3) is 3.41. The van der Waals surface area contributed by atoms with Gasteiger partial charge in [-0.25, -0.2) is 8.78 Å². The third-order valence-corrected chi connectivity index (χ3v) is 4.25. The molecule has 0 unspecified atom stereocenters. The highest BCUT2D eigenvalue weighted by Gasteiger charge is 2.18. The molecule has 2 heterocycles. The van der Waals surface area contributed by atoms with Crippen LogP contribution >= 0.6 is 0 Å². The van der Waals surface area contributed by atoms with Crippen LogP contribution < -0.4 is 5.32 Å². The average molecular weight is 328 g/mol. The lowest BCUT2D eigenvalue weighted by Crippen LogP contribution is -2.23. The molecule has 0 saturated carbocycles. The van der Waals surface area contributed by atoms with E-state index < -0.39 is 23.0 Å². The van der Waals surface area contributed by atoms with Crippen LogP contribution in [0.25, 0.3) is 5.57 Å². The van der Waals surface area contributed by atoms with E-state index in [4.69, 9.17) is 0 Å². The van der Waals surface area contributed by atoms with Crippen molar-refractivity contribution in [2.45, 2.75) is 19.8 Å². The van der Waals surface area contributed by atoms with Crippen LogP contribution in [-0.2, 0) is 6.42 Å². The zero-order valence-corrected chi connectivity index (χ0v) is 13.4. The van der Waals surface area contributed by atoms with Crippen molar-refractivity contribution in [3.05, 3.63) is 70.6 Å². The highest BCUT2D eigenvalue weighted by atomic mass is 19.1. The van der Waals surface area contributed by atoms with E-state index in [0.29, 0.717) is 5.69 Å². The van der Waals surface area contributed by atoms with Crippen LogP contribution in [0, 0.1) is 11.6 Å². The monoisotopic (exact) mass is 328 g/mol. The van der Waals surface area contributed by atoms with E-state index in [1.54, 1.807) is 12.3 Å². The molecule has 1 aliphatic rings. The molecule has 1 aliphatic heterocycles. The predicted octanol–water partition coefficient (Wildman–Crippen LogP) is 3.55. The summed E-state index contributed by atoms with van der Waals surface area (Å²) < 4.78 is 27.3. The number of carbonyl (C=O) groups is 1. The van der Waals surface area contributed by atoms with Crippen LogP contribution in [0.3, 0.4) is 0 Å². The first-order valence-electron chi connectivity index (χ1n) is 7.88. The fraction of sp³-hybridized carbons (Fsp3) is 0.263. The topological polar surface area (TPSA) is 42.0 Å². The average Bonchev–Trinajstić information content (AvgIpc) is 2.56. The van der Waals surface area contributed by atoms with Gasteiger partial charge in [-0.05, 0) is 49.2 Å². The van der Waals surface area contributed by atoms with Gasteiger partial charge in [0.2, 0.25) is 0 Å². The van der Waals surface area contributed by atoms with Gasteiger partial charge in [-0.15, -0.1) is 0 Å². The normalized spacial score (nSPS) is 14.8. The fourth-order valence-corrected chi connectivity index (χ4v) is 2.86. The van der Waals surface area contributed by atoms with Gasteiger partial charge in [-0.3, -0.25) is 9.78 Å². The van der Waals surface area contributed by atoms with Gasteiger partial charge in [0.1, 0.15) is 11.6 Å². The van der Waals surface area contributed by atoms with Gasteiger partial charge in [0.05, 0.1) is 12.0 Å². The van der Waals surface area contributed by atoms with Gasteiger partial charge in [0.15, 0.2) is 5.78 Å². The Kier molecular flexibility index (Phi) is 4.81.